The van der Waals surface area contributed by atoms with E-state index in [9.17, 15) is 0 Å². The summed E-state index contributed by atoms with van der Waals surface area (Å²) in [4.78, 5) is 0. The van der Waals surface area contributed by atoms with Gasteiger partial charge in [0.1, 0.15) is 0 Å². The highest BCUT2D eigenvalue weighted by Crippen LogP contribution is 2.13. The third kappa shape index (κ3) is 2.52. The van der Waals surface area contributed by atoms with Crippen molar-refractivity contribution in [1.82, 2.24) is 9.88 Å². The average Bonchev–Trinajstić information content (AvgIpc) is 2.78. The topological polar surface area (TPSA) is 17.0 Å². The van der Waals surface area contributed by atoms with Crippen molar-refractivity contribution in [3.8, 4) is 0 Å². The highest BCUT2D eigenvalue weighted by molar-refractivity contribution is 5.19. The predicted molar refractivity (Wildman–Crippen MR) is 67.5 cm³/mol. The van der Waals surface area contributed by atoms with Gasteiger partial charge in [0.15, 0.2) is 0 Å². The molecule has 1 N–H and O–H groups in total. The molecule has 2 rings (SSSR count). The Balaban J connectivity index is 2.09. The molecule has 84 valence electrons. The molecule has 1 atom stereocenters. The van der Waals surface area contributed by atoms with Crippen molar-refractivity contribution in [2.75, 3.05) is 7.05 Å². The normalized spacial score (nSPS) is 12.6. The molecule has 1 unspecified atom stereocenters. The van der Waals surface area contributed by atoms with Gasteiger partial charge < -0.3 is 9.88 Å². The van der Waals surface area contributed by atoms with E-state index in [4.69, 9.17) is 0 Å². The number of aromatic nitrogens is 1. The zero-order valence-corrected chi connectivity index (χ0v) is 9.85. The lowest BCUT2D eigenvalue weighted by Gasteiger charge is -2.07. The molecule has 0 radical (unpaired) electrons. The predicted octanol–water partition coefficient (Wildman–Crippen LogP) is 2.82. The van der Waals surface area contributed by atoms with Crippen molar-refractivity contribution >= 4 is 0 Å². The summed E-state index contributed by atoms with van der Waals surface area (Å²) in [6.45, 7) is 3.11. The van der Waals surface area contributed by atoms with E-state index in [1.165, 1.54) is 11.1 Å². The van der Waals surface area contributed by atoms with Crippen molar-refractivity contribution < 1.29 is 0 Å². The van der Waals surface area contributed by atoms with Crippen LogP contribution >= 0.6 is 0 Å². The van der Waals surface area contributed by atoms with Crippen LogP contribution in [-0.2, 0) is 6.54 Å². The first-order chi connectivity index (χ1) is 7.79. The molecular weight excluding hydrogens is 196 g/mol. The lowest BCUT2D eigenvalue weighted by molar-refractivity contribution is 0.649. The molecule has 1 heterocycles. The van der Waals surface area contributed by atoms with Crippen molar-refractivity contribution in [2.45, 2.75) is 19.5 Å². The fourth-order valence-electron chi connectivity index (χ4n) is 1.77. The van der Waals surface area contributed by atoms with Gasteiger partial charge in [-0.25, -0.2) is 0 Å². The maximum Gasteiger partial charge on any atom is 0.0470 e. The minimum absolute atomic E-state index is 0.414. The second-order valence-electron chi connectivity index (χ2n) is 4.11. The zero-order chi connectivity index (χ0) is 11.4. The number of benzene rings is 1. The quantitative estimate of drug-likeness (QED) is 0.828. The van der Waals surface area contributed by atoms with E-state index in [2.05, 4.69) is 59.5 Å². The van der Waals surface area contributed by atoms with E-state index in [-0.39, 0.29) is 0 Å². The van der Waals surface area contributed by atoms with Gasteiger partial charge in [0.2, 0.25) is 0 Å². The maximum absolute atomic E-state index is 3.25. The molecule has 2 heteroatoms. The Hall–Kier alpha value is -1.54. The molecule has 0 spiro atoms. The number of nitrogens with one attached hydrogen (secondary N) is 1. The number of hydrogen-bond acceptors (Lipinski definition) is 1. The smallest absolute Gasteiger partial charge is 0.0470 e. The number of rotatable bonds is 4. The van der Waals surface area contributed by atoms with Gasteiger partial charge in [0.05, 0.1) is 0 Å². The van der Waals surface area contributed by atoms with Gasteiger partial charge in [0, 0.05) is 25.0 Å². The Morgan fingerprint density at radius 3 is 2.62 bits per heavy atom. The summed E-state index contributed by atoms with van der Waals surface area (Å²) in [6.07, 6.45) is 4.34. The lowest BCUT2D eigenvalue weighted by Crippen LogP contribution is -2.11. The molecule has 0 aliphatic rings. The van der Waals surface area contributed by atoms with Crippen LogP contribution in [0.15, 0.2) is 48.8 Å². The van der Waals surface area contributed by atoms with Crippen LogP contribution in [0.2, 0.25) is 0 Å². The Morgan fingerprint density at radius 2 is 1.94 bits per heavy atom. The second-order valence-corrected chi connectivity index (χ2v) is 4.11. The van der Waals surface area contributed by atoms with Crippen molar-refractivity contribution in [1.29, 1.82) is 0 Å². The average molecular weight is 214 g/mol. The molecule has 16 heavy (non-hydrogen) atoms. The van der Waals surface area contributed by atoms with Gasteiger partial charge in [-0.05, 0) is 31.2 Å². The van der Waals surface area contributed by atoms with Crippen LogP contribution in [0.25, 0.3) is 0 Å². The van der Waals surface area contributed by atoms with E-state index in [0.717, 1.165) is 6.54 Å². The van der Waals surface area contributed by atoms with Crippen LogP contribution in [0.1, 0.15) is 24.1 Å². The van der Waals surface area contributed by atoms with Crippen molar-refractivity contribution in [3.63, 3.8) is 0 Å². The van der Waals surface area contributed by atoms with E-state index in [1.54, 1.807) is 0 Å². The summed E-state index contributed by atoms with van der Waals surface area (Å²) in [6, 6.07) is 13.1. The maximum atomic E-state index is 3.25. The fraction of sp³-hybridized carbons (Fsp3) is 0.286. The van der Waals surface area contributed by atoms with Gasteiger partial charge in [-0.3, -0.25) is 0 Å². The Morgan fingerprint density at radius 1 is 1.19 bits per heavy atom. The minimum Gasteiger partial charge on any atom is -0.350 e. The van der Waals surface area contributed by atoms with Crippen LogP contribution in [0.4, 0.5) is 0 Å². The number of nitrogens with zero attached hydrogens (tertiary/aromatic N) is 1. The molecule has 2 aromatic rings. The zero-order valence-electron chi connectivity index (χ0n) is 9.85. The monoisotopic (exact) mass is 214 g/mol. The molecular formula is C14H18N2. The Bertz CT molecular complexity index is 431. The van der Waals surface area contributed by atoms with Crippen LogP contribution in [0.5, 0.6) is 0 Å². The third-order valence-electron chi connectivity index (χ3n) is 2.91. The van der Waals surface area contributed by atoms with Crippen molar-refractivity contribution in [3.05, 3.63) is 59.9 Å². The molecule has 1 aromatic carbocycles. The van der Waals surface area contributed by atoms with Crippen LogP contribution < -0.4 is 5.32 Å². The molecule has 0 bridgehead atoms. The first kappa shape index (κ1) is 11.0. The van der Waals surface area contributed by atoms with Crippen LogP contribution in [0.3, 0.4) is 0 Å². The first-order valence-electron chi connectivity index (χ1n) is 5.66. The van der Waals surface area contributed by atoms with Gasteiger partial charge >= 0.3 is 0 Å². The standard InChI is InChI=1S/C14H18N2/c1-12(15-2)14-8-9-16(11-14)10-13-6-4-3-5-7-13/h3-9,11-12,15H,10H2,1-2H3. The molecule has 0 amide bonds. The fourth-order valence-corrected chi connectivity index (χ4v) is 1.77. The van der Waals surface area contributed by atoms with Crippen molar-refractivity contribution in [2.24, 2.45) is 0 Å². The molecule has 0 saturated heterocycles. The van der Waals surface area contributed by atoms with Gasteiger partial charge in [-0.2, -0.15) is 0 Å². The lowest BCUT2D eigenvalue weighted by atomic mass is 10.2. The Labute approximate surface area is 96.9 Å². The molecule has 0 aliphatic heterocycles. The molecule has 0 aliphatic carbocycles. The minimum atomic E-state index is 0.414. The summed E-state index contributed by atoms with van der Waals surface area (Å²) in [5, 5.41) is 3.25. The second kappa shape index (κ2) is 4.99. The molecule has 0 fully saturated rings. The first-order valence-corrected chi connectivity index (χ1v) is 5.66. The SMILES string of the molecule is CNC(C)c1ccn(Cc2ccccc2)c1. The highest BCUT2D eigenvalue weighted by Gasteiger charge is 2.03. The van der Waals surface area contributed by atoms with Gasteiger partial charge in [0.25, 0.3) is 0 Å². The third-order valence-corrected chi connectivity index (χ3v) is 2.91. The van der Waals surface area contributed by atoms with Crippen LogP contribution in [0, 0.1) is 0 Å². The van der Waals surface area contributed by atoms with Crippen LogP contribution in [-0.4, -0.2) is 11.6 Å². The Kier molecular flexibility index (Phi) is 3.42. The summed E-state index contributed by atoms with van der Waals surface area (Å²) in [5.41, 5.74) is 2.67. The van der Waals surface area contributed by atoms with E-state index < -0.39 is 0 Å². The summed E-state index contributed by atoms with van der Waals surface area (Å²) in [5.74, 6) is 0. The summed E-state index contributed by atoms with van der Waals surface area (Å²) < 4.78 is 2.22. The highest BCUT2D eigenvalue weighted by atomic mass is 14.9. The van der Waals surface area contributed by atoms with Gasteiger partial charge in [-0.1, -0.05) is 30.3 Å². The molecule has 0 saturated carbocycles. The van der Waals surface area contributed by atoms with E-state index >= 15 is 0 Å². The van der Waals surface area contributed by atoms with E-state index in [1.807, 2.05) is 13.1 Å². The largest absolute Gasteiger partial charge is 0.350 e. The number of hydrogen-bond donors (Lipinski definition) is 1. The summed E-state index contributed by atoms with van der Waals surface area (Å²) in [7, 11) is 1.99. The molecule has 1 aromatic heterocycles. The molecule has 2 nitrogen and oxygen atoms in total. The summed E-state index contributed by atoms with van der Waals surface area (Å²) >= 11 is 0. The van der Waals surface area contributed by atoms with E-state index in [0.29, 0.717) is 6.04 Å². The van der Waals surface area contributed by atoms with Gasteiger partial charge in [-0.15, -0.1) is 0 Å².